The fraction of sp³-hybridized carbons (Fsp3) is 0. The van der Waals surface area contributed by atoms with Crippen molar-refractivity contribution in [3.05, 3.63) is 12.3 Å². The maximum atomic E-state index is 4.61. The molecule has 0 heterocycles. The molecule has 0 amide bonds. The molecular formula is H8ClN2O2Pt-2. The third kappa shape index (κ3) is 105. The number of halogens is 1. The topological polar surface area (TPSA) is 130 Å². The average molecular weight is 299 g/mol. The Hall–Kier alpha value is 0.818. The second-order valence-corrected chi connectivity index (χ2v) is 0. The van der Waals surface area contributed by atoms with E-state index in [-0.39, 0.29) is 23.3 Å². The Morgan fingerprint density at radius 1 is 0.833 bits per heavy atom. The number of nitrogens with two attached hydrogens (primary N) is 2. The molecule has 4 nitrogen and oxygen atoms in total. The molecule has 0 aromatic rings. The second-order valence-electron chi connectivity index (χ2n) is 0. The molecule has 0 aromatic carbocycles. The van der Waals surface area contributed by atoms with Gasteiger partial charge in [-0.15, -0.1) is 0 Å². The molecule has 0 saturated heterocycles. The van der Waals surface area contributed by atoms with Crippen molar-refractivity contribution in [2.75, 3.05) is 0 Å². The van der Waals surface area contributed by atoms with E-state index in [9.17, 15) is 0 Å². The Morgan fingerprint density at radius 2 is 0.833 bits per heavy atom. The van der Waals surface area contributed by atoms with Crippen LogP contribution in [0.3, 0.4) is 0 Å². The van der Waals surface area contributed by atoms with Crippen molar-refractivity contribution in [1.82, 2.24) is 0 Å². The van der Waals surface area contributed by atoms with E-state index in [1.165, 1.54) is 0 Å². The fourth-order valence-corrected chi connectivity index (χ4v) is 0. The minimum atomic E-state index is 0. The molecule has 49 valence electrons. The first kappa shape index (κ1) is 69.8. The molecule has 0 bridgehead atoms. The Kier molecular flexibility index (Phi) is 2350. The summed E-state index contributed by atoms with van der Waals surface area (Å²) in [4.78, 5) is 0. The maximum absolute atomic E-state index is 4.61. The molecule has 0 aromatic heterocycles. The predicted octanol–water partition coefficient (Wildman–Crippen LogP) is 0.472. The van der Waals surface area contributed by atoms with E-state index in [2.05, 4.69) is 9.42 Å². The van der Waals surface area contributed by atoms with Gasteiger partial charge in [0.2, 0.25) is 0 Å². The van der Waals surface area contributed by atoms with E-state index in [0.29, 0.717) is 0 Å². The van der Waals surface area contributed by atoms with Gasteiger partial charge in [0.15, 0.2) is 0 Å². The second kappa shape index (κ2) is 202. The smallest absolute Gasteiger partial charge is 0.693 e. The van der Waals surface area contributed by atoms with Crippen LogP contribution in [0.2, 0.25) is 0 Å². The van der Waals surface area contributed by atoms with Crippen LogP contribution in [0.15, 0.2) is 0 Å². The van der Waals surface area contributed by atoms with Crippen LogP contribution in [-0.2, 0) is 18.8 Å². The summed E-state index contributed by atoms with van der Waals surface area (Å²) in [5.41, 5.74) is 0. The van der Waals surface area contributed by atoms with Gasteiger partial charge in [0.1, 0.15) is 0 Å². The van der Waals surface area contributed by atoms with Crippen molar-refractivity contribution >= 4 is 9.42 Å². The van der Waals surface area contributed by atoms with Gasteiger partial charge >= 0.3 is 28.2 Å². The fourth-order valence-electron chi connectivity index (χ4n) is 0. The summed E-state index contributed by atoms with van der Waals surface area (Å²) in [7, 11) is 4.61. The van der Waals surface area contributed by atoms with E-state index in [0.717, 1.165) is 0 Å². The van der Waals surface area contributed by atoms with E-state index < -0.39 is 0 Å². The van der Waals surface area contributed by atoms with Crippen LogP contribution in [0.5, 0.6) is 0 Å². The molecule has 0 rings (SSSR count). The van der Waals surface area contributed by atoms with Crippen LogP contribution in [-0.4, -0.2) is 11.0 Å². The molecule has 6 heteroatoms. The zero-order valence-corrected chi connectivity index (χ0v) is 5.88. The monoisotopic (exact) mass is 298 g/mol. The summed E-state index contributed by atoms with van der Waals surface area (Å²) < 4.78 is 0. The Balaban J connectivity index is -0.000000000833. The summed E-state index contributed by atoms with van der Waals surface area (Å²) in [6, 6.07) is 0. The average Bonchev–Trinajstić information content (AvgIpc) is 1.00. The number of hydrogen-bond acceptors (Lipinski definition) is 0. The zero-order chi connectivity index (χ0) is 2.00. The molecule has 0 unspecified atom stereocenters. The standard InChI is InChI=1S/ClH.2H2N.2H2O.Pt/h1H;4*1H2;/q;2*-1;;;+1/p-1. The quantitative estimate of drug-likeness (QED) is 0.615. The van der Waals surface area contributed by atoms with Gasteiger partial charge in [-0.1, -0.05) is 0 Å². The van der Waals surface area contributed by atoms with Crippen molar-refractivity contribution in [1.29, 1.82) is 0 Å². The Morgan fingerprint density at radius 3 is 0.833 bits per heavy atom. The third-order valence-electron chi connectivity index (χ3n) is 0. The molecule has 0 aliphatic rings. The van der Waals surface area contributed by atoms with Crippen LogP contribution in [0.1, 0.15) is 0 Å². The molecule has 0 saturated carbocycles. The van der Waals surface area contributed by atoms with Crippen LogP contribution in [0.25, 0.3) is 12.3 Å². The maximum Gasteiger partial charge on any atom is -0.693 e. The van der Waals surface area contributed by atoms with Crippen molar-refractivity contribution < 1.29 is 29.7 Å². The van der Waals surface area contributed by atoms with Gasteiger partial charge in [-0.3, -0.25) is 0 Å². The Labute approximate surface area is 51.9 Å². The summed E-state index contributed by atoms with van der Waals surface area (Å²) in [5, 5.41) is 0. The SMILES string of the molecule is O.O.[Cl][Pt].[NH2-].[NH2-]. The summed E-state index contributed by atoms with van der Waals surface area (Å²) in [6.07, 6.45) is 0. The number of hydrogen-bond donors (Lipinski definition) is 0. The van der Waals surface area contributed by atoms with Crippen molar-refractivity contribution in [3.63, 3.8) is 0 Å². The largest absolute Gasteiger partial charge is 0.693 e. The van der Waals surface area contributed by atoms with Gasteiger partial charge in [0, 0.05) is 0 Å². The first-order chi connectivity index (χ1) is 1.00. The van der Waals surface area contributed by atoms with Gasteiger partial charge in [0.05, 0.1) is 0 Å². The van der Waals surface area contributed by atoms with Gasteiger partial charge in [-0.05, 0) is 0 Å². The zero-order valence-electron chi connectivity index (χ0n) is 2.85. The molecule has 0 atom stereocenters. The molecular weight excluding hydrogens is 291 g/mol. The molecule has 0 aliphatic heterocycles. The molecule has 0 spiro atoms. The third-order valence-corrected chi connectivity index (χ3v) is 0. The van der Waals surface area contributed by atoms with Gasteiger partial charge in [-0.2, -0.15) is 0 Å². The van der Waals surface area contributed by atoms with Gasteiger partial charge < -0.3 is 23.3 Å². The molecule has 8 N–H and O–H groups in total. The predicted molar refractivity (Wildman–Crippen MR) is 23.6 cm³/mol. The first-order valence-electron chi connectivity index (χ1n) is 0.120. The summed E-state index contributed by atoms with van der Waals surface area (Å²) in [6.45, 7) is 0. The van der Waals surface area contributed by atoms with Crippen molar-refractivity contribution in [3.8, 4) is 0 Å². The van der Waals surface area contributed by atoms with E-state index in [1.807, 2.05) is 0 Å². The van der Waals surface area contributed by atoms with Crippen molar-refractivity contribution in [2.24, 2.45) is 0 Å². The van der Waals surface area contributed by atoms with Crippen LogP contribution < -0.4 is 0 Å². The minimum absolute atomic E-state index is 0. The summed E-state index contributed by atoms with van der Waals surface area (Å²) >= 11 is 1.61. The van der Waals surface area contributed by atoms with Gasteiger partial charge in [0.25, 0.3) is 0 Å². The minimum Gasteiger partial charge on any atom is -0.693 e. The molecule has 6 heavy (non-hydrogen) atoms. The Bertz CT molecular complexity index is 11.5. The van der Waals surface area contributed by atoms with E-state index >= 15 is 0 Å². The van der Waals surface area contributed by atoms with E-state index in [1.54, 1.807) is 18.8 Å². The number of rotatable bonds is 0. The van der Waals surface area contributed by atoms with Gasteiger partial charge in [-0.25, -0.2) is 0 Å². The van der Waals surface area contributed by atoms with Crippen LogP contribution >= 0.6 is 9.42 Å². The van der Waals surface area contributed by atoms with Crippen molar-refractivity contribution in [2.45, 2.75) is 0 Å². The molecule has 0 aliphatic carbocycles. The first-order valence-corrected chi connectivity index (χ1v) is 2.94. The normalized spacial score (nSPS) is 1.17. The summed E-state index contributed by atoms with van der Waals surface area (Å²) in [5.74, 6) is 0. The molecule has 0 fully saturated rings. The van der Waals surface area contributed by atoms with Crippen LogP contribution in [0, 0.1) is 0 Å². The van der Waals surface area contributed by atoms with E-state index in [4.69, 9.17) is 0 Å². The molecule has 0 radical (unpaired) electrons. The van der Waals surface area contributed by atoms with Crippen LogP contribution in [0.4, 0.5) is 0 Å².